The van der Waals surface area contributed by atoms with Crippen molar-refractivity contribution in [2.45, 2.75) is 31.7 Å². The van der Waals surface area contributed by atoms with E-state index in [0.717, 1.165) is 12.1 Å². The molecule has 1 rings (SSSR count). The standard InChI is InChI=1S/C11H14F3NO/c1-2-9(15)10(16)7-3-5-8(6-4-7)11(12,13)14/h3-6,9-10,16H,2,15H2,1H3/t9-,10-/m1/s1. The zero-order valence-electron chi connectivity index (χ0n) is 8.83. The van der Waals surface area contributed by atoms with Gasteiger partial charge in [0.1, 0.15) is 0 Å². The van der Waals surface area contributed by atoms with Crippen molar-refractivity contribution in [3.8, 4) is 0 Å². The highest BCUT2D eigenvalue weighted by Crippen LogP contribution is 2.30. The van der Waals surface area contributed by atoms with Crippen LogP contribution in [0.2, 0.25) is 0 Å². The Hall–Kier alpha value is -1.07. The van der Waals surface area contributed by atoms with E-state index in [9.17, 15) is 18.3 Å². The first kappa shape index (κ1) is 13.0. The Kier molecular flexibility index (Phi) is 3.93. The smallest absolute Gasteiger partial charge is 0.387 e. The summed E-state index contributed by atoms with van der Waals surface area (Å²) in [7, 11) is 0. The van der Waals surface area contributed by atoms with E-state index in [1.807, 2.05) is 0 Å². The number of hydrogen-bond donors (Lipinski definition) is 2. The highest BCUT2D eigenvalue weighted by Gasteiger charge is 2.30. The lowest BCUT2D eigenvalue weighted by molar-refractivity contribution is -0.137. The van der Waals surface area contributed by atoms with Crippen LogP contribution in [0, 0.1) is 0 Å². The van der Waals surface area contributed by atoms with E-state index < -0.39 is 23.9 Å². The van der Waals surface area contributed by atoms with E-state index in [2.05, 4.69) is 0 Å². The van der Waals surface area contributed by atoms with Crippen molar-refractivity contribution in [1.82, 2.24) is 0 Å². The van der Waals surface area contributed by atoms with Crippen LogP contribution in [0.1, 0.15) is 30.6 Å². The zero-order chi connectivity index (χ0) is 12.3. The second kappa shape index (κ2) is 4.84. The van der Waals surface area contributed by atoms with E-state index in [0.29, 0.717) is 12.0 Å². The van der Waals surface area contributed by atoms with E-state index in [1.165, 1.54) is 12.1 Å². The number of alkyl halides is 3. The molecule has 0 spiro atoms. The average Bonchev–Trinajstić information content (AvgIpc) is 2.26. The fourth-order valence-corrected chi connectivity index (χ4v) is 1.34. The van der Waals surface area contributed by atoms with Gasteiger partial charge in [-0.1, -0.05) is 19.1 Å². The summed E-state index contributed by atoms with van der Waals surface area (Å²) >= 11 is 0. The third-order valence-corrected chi connectivity index (χ3v) is 2.46. The topological polar surface area (TPSA) is 46.2 Å². The molecule has 1 aromatic carbocycles. The molecular weight excluding hydrogens is 219 g/mol. The van der Waals surface area contributed by atoms with Gasteiger partial charge in [0.25, 0.3) is 0 Å². The summed E-state index contributed by atoms with van der Waals surface area (Å²) in [6.45, 7) is 1.80. The van der Waals surface area contributed by atoms with Gasteiger partial charge in [-0.3, -0.25) is 0 Å². The molecule has 0 aliphatic heterocycles. The normalized spacial score (nSPS) is 15.9. The molecule has 3 N–H and O–H groups in total. The number of halogens is 3. The molecule has 1 aromatic rings. The molecule has 0 fully saturated rings. The molecule has 2 atom stereocenters. The Morgan fingerprint density at radius 1 is 1.25 bits per heavy atom. The maximum Gasteiger partial charge on any atom is 0.416 e. The SMILES string of the molecule is CC[C@@H](N)[C@H](O)c1ccc(C(F)(F)F)cc1. The maximum atomic E-state index is 12.3. The number of aliphatic hydroxyl groups excluding tert-OH is 1. The average molecular weight is 233 g/mol. The monoisotopic (exact) mass is 233 g/mol. The van der Waals surface area contributed by atoms with Crippen LogP contribution in [0.3, 0.4) is 0 Å². The van der Waals surface area contributed by atoms with E-state index in [1.54, 1.807) is 6.92 Å². The van der Waals surface area contributed by atoms with Crippen LogP contribution < -0.4 is 5.73 Å². The highest BCUT2D eigenvalue weighted by molar-refractivity contribution is 5.26. The largest absolute Gasteiger partial charge is 0.416 e. The number of nitrogens with two attached hydrogens (primary N) is 1. The Balaban J connectivity index is 2.87. The van der Waals surface area contributed by atoms with Crippen molar-refractivity contribution in [3.05, 3.63) is 35.4 Å². The molecule has 0 heterocycles. The fraction of sp³-hybridized carbons (Fsp3) is 0.455. The third kappa shape index (κ3) is 2.96. The summed E-state index contributed by atoms with van der Waals surface area (Å²) in [5, 5.41) is 9.68. The van der Waals surface area contributed by atoms with Crippen LogP contribution >= 0.6 is 0 Å². The van der Waals surface area contributed by atoms with Crippen LogP contribution in [0.15, 0.2) is 24.3 Å². The van der Waals surface area contributed by atoms with Crippen LogP contribution in [0.25, 0.3) is 0 Å². The quantitative estimate of drug-likeness (QED) is 0.842. The number of rotatable bonds is 3. The van der Waals surface area contributed by atoms with E-state index in [4.69, 9.17) is 5.73 Å². The molecule has 0 bridgehead atoms. The van der Waals surface area contributed by atoms with Gasteiger partial charge in [0.05, 0.1) is 11.7 Å². The minimum Gasteiger partial charge on any atom is -0.387 e. The van der Waals surface area contributed by atoms with Gasteiger partial charge in [-0.15, -0.1) is 0 Å². The summed E-state index contributed by atoms with van der Waals surface area (Å²) in [5.74, 6) is 0. The van der Waals surface area contributed by atoms with Gasteiger partial charge in [0.15, 0.2) is 0 Å². The summed E-state index contributed by atoms with van der Waals surface area (Å²) in [6, 6.07) is 3.94. The van der Waals surface area contributed by atoms with Gasteiger partial charge in [0.2, 0.25) is 0 Å². The summed E-state index contributed by atoms with van der Waals surface area (Å²) in [6.07, 6.45) is -4.72. The molecule has 0 unspecified atom stereocenters. The Morgan fingerprint density at radius 2 is 1.75 bits per heavy atom. The molecule has 0 saturated heterocycles. The first-order valence-electron chi connectivity index (χ1n) is 4.97. The lowest BCUT2D eigenvalue weighted by atomic mass is 10.00. The van der Waals surface area contributed by atoms with Crippen LogP contribution in [0.5, 0.6) is 0 Å². The first-order chi connectivity index (χ1) is 7.36. The van der Waals surface area contributed by atoms with Crippen molar-refractivity contribution in [2.24, 2.45) is 5.73 Å². The van der Waals surface area contributed by atoms with Crippen molar-refractivity contribution < 1.29 is 18.3 Å². The molecule has 0 aromatic heterocycles. The van der Waals surface area contributed by atoms with Crippen LogP contribution in [0.4, 0.5) is 13.2 Å². The first-order valence-corrected chi connectivity index (χ1v) is 4.97. The van der Waals surface area contributed by atoms with Crippen LogP contribution in [-0.4, -0.2) is 11.1 Å². The van der Waals surface area contributed by atoms with E-state index >= 15 is 0 Å². The minimum atomic E-state index is -4.35. The number of hydrogen-bond acceptors (Lipinski definition) is 2. The fourth-order valence-electron chi connectivity index (χ4n) is 1.34. The van der Waals surface area contributed by atoms with Crippen molar-refractivity contribution >= 4 is 0 Å². The van der Waals surface area contributed by atoms with Gasteiger partial charge in [-0.05, 0) is 24.1 Å². The Morgan fingerprint density at radius 3 is 2.12 bits per heavy atom. The molecule has 0 amide bonds. The molecule has 2 nitrogen and oxygen atoms in total. The molecule has 90 valence electrons. The lowest BCUT2D eigenvalue weighted by Crippen LogP contribution is -2.27. The van der Waals surface area contributed by atoms with Crippen LogP contribution in [-0.2, 0) is 6.18 Å². The van der Waals surface area contributed by atoms with Crippen molar-refractivity contribution in [1.29, 1.82) is 0 Å². The summed E-state index contributed by atoms with van der Waals surface area (Å²) in [5.41, 5.74) is 5.28. The third-order valence-electron chi connectivity index (χ3n) is 2.46. The molecule has 5 heteroatoms. The highest BCUT2D eigenvalue weighted by atomic mass is 19.4. The Bertz CT molecular complexity index is 334. The molecule has 0 saturated carbocycles. The summed E-state index contributed by atoms with van der Waals surface area (Å²) in [4.78, 5) is 0. The van der Waals surface area contributed by atoms with E-state index in [-0.39, 0.29) is 0 Å². The van der Waals surface area contributed by atoms with Gasteiger partial charge in [0, 0.05) is 6.04 Å². The minimum absolute atomic E-state index is 0.405. The van der Waals surface area contributed by atoms with Gasteiger partial charge in [-0.25, -0.2) is 0 Å². The second-order valence-electron chi connectivity index (χ2n) is 3.64. The Labute approximate surface area is 91.9 Å². The number of benzene rings is 1. The maximum absolute atomic E-state index is 12.3. The van der Waals surface area contributed by atoms with Gasteiger partial charge in [-0.2, -0.15) is 13.2 Å². The molecule has 0 radical (unpaired) electrons. The zero-order valence-corrected chi connectivity index (χ0v) is 8.83. The molecule has 0 aliphatic rings. The molecule has 16 heavy (non-hydrogen) atoms. The predicted molar refractivity (Wildman–Crippen MR) is 54.7 cm³/mol. The predicted octanol–water partition coefficient (Wildman–Crippen LogP) is 2.48. The second-order valence-corrected chi connectivity index (χ2v) is 3.64. The van der Waals surface area contributed by atoms with Crippen molar-refractivity contribution in [3.63, 3.8) is 0 Å². The summed E-state index contributed by atoms with van der Waals surface area (Å²) < 4.78 is 36.8. The molecule has 0 aliphatic carbocycles. The van der Waals surface area contributed by atoms with Gasteiger partial charge < -0.3 is 10.8 Å². The van der Waals surface area contributed by atoms with Gasteiger partial charge >= 0.3 is 6.18 Å². The lowest BCUT2D eigenvalue weighted by Gasteiger charge is -2.18. The molecular formula is C11H14F3NO. The number of aliphatic hydroxyl groups is 1. The van der Waals surface area contributed by atoms with Crippen molar-refractivity contribution in [2.75, 3.05) is 0 Å².